The van der Waals surface area contributed by atoms with Gasteiger partial charge in [-0.05, 0) is 38.8 Å². The summed E-state index contributed by atoms with van der Waals surface area (Å²) in [6, 6.07) is 0. The third-order valence-corrected chi connectivity index (χ3v) is 7.19. The molecule has 0 unspecified atom stereocenters. The fraction of sp³-hybridized carbons (Fsp3) is 0.381. The summed E-state index contributed by atoms with van der Waals surface area (Å²) >= 11 is 2.66. The molecule has 0 bridgehead atoms. The van der Waals surface area contributed by atoms with Gasteiger partial charge in [-0.2, -0.15) is 0 Å². The molecule has 9 heteroatoms. The molecule has 0 saturated carbocycles. The highest BCUT2D eigenvalue weighted by molar-refractivity contribution is 7.99. The molecule has 0 radical (unpaired) electrons. The number of aromatic nitrogens is 2. The lowest BCUT2D eigenvalue weighted by molar-refractivity contribution is -0.141. The second-order valence-corrected chi connectivity index (χ2v) is 9.16. The number of fused-ring (bicyclic) bond motifs is 1. The van der Waals surface area contributed by atoms with E-state index < -0.39 is 11.9 Å². The molecule has 30 heavy (non-hydrogen) atoms. The fourth-order valence-electron chi connectivity index (χ4n) is 3.43. The average Bonchev–Trinajstić information content (AvgIpc) is 3.17. The number of esters is 1. The highest BCUT2D eigenvalue weighted by atomic mass is 32.2. The van der Waals surface area contributed by atoms with Crippen LogP contribution in [0.15, 0.2) is 38.9 Å². The Morgan fingerprint density at radius 2 is 2.00 bits per heavy atom. The standard InChI is InChI=1S/C21H23N3O4S2/c1-7-8-24-19(26)16-10(2)13(5)30-18(16)23-21(24)29-9-14(25)17-11(3)15(12(4)22-17)20(27)28-6/h7,15H,1,8-9H2,2-6H3/t15-/m0/s1. The summed E-state index contributed by atoms with van der Waals surface area (Å²) in [5, 5.41) is 1.08. The van der Waals surface area contributed by atoms with Crippen molar-refractivity contribution in [3.8, 4) is 0 Å². The fourth-order valence-corrected chi connectivity index (χ4v) is 5.38. The van der Waals surface area contributed by atoms with Crippen LogP contribution in [0.2, 0.25) is 0 Å². The molecule has 1 aliphatic heterocycles. The number of rotatable bonds is 7. The number of hydrogen-bond donors (Lipinski definition) is 0. The first kappa shape index (κ1) is 22.2. The maximum atomic E-state index is 13.0. The lowest BCUT2D eigenvalue weighted by Crippen LogP contribution is -2.23. The number of methoxy groups -OCH3 is 1. The van der Waals surface area contributed by atoms with E-state index in [-0.39, 0.29) is 22.8 Å². The van der Waals surface area contributed by atoms with E-state index in [1.54, 1.807) is 19.9 Å². The van der Waals surface area contributed by atoms with Gasteiger partial charge in [0.1, 0.15) is 16.4 Å². The smallest absolute Gasteiger partial charge is 0.318 e. The number of aliphatic imine (C=N–C) groups is 1. The first-order valence-corrected chi connectivity index (χ1v) is 11.1. The highest BCUT2D eigenvalue weighted by Gasteiger charge is 2.33. The molecular formula is C21H23N3O4S2. The van der Waals surface area contributed by atoms with Gasteiger partial charge >= 0.3 is 5.97 Å². The lowest BCUT2D eigenvalue weighted by Gasteiger charge is -2.11. The maximum absolute atomic E-state index is 13.0. The number of carbonyl (C=O) groups is 2. The number of thioether (sulfide) groups is 1. The molecule has 3 heterocycles. The van der Waals surface area contributed by atoms with Crippen molar-refractivity contribution in [2.45, 2.75) is 39.4 Å². The van der Waals surface area contributed by atoms with Gasteiger partial charge in [0, 0.05) is 17.1 Å². The molecule has 2 aromatic heterocycles. The zero-order chi connectivity index (χ0) is 22.2. The Hall–Kier alpha value is -2.52. The predicted molar refractivity (Wildman–Crippen MR) is 121 cm³/mol. The van der Waals surface area contributed by atoms with Gasteiger partial charge < -0.3 is 4.74 Å². The monoisotopic (exact) mass is 445 g/mol. The van der Waals surface area contributed by atoms with E-state index in [2.05, 4.69) is 16.6 Å². The van der Waals surface area contributed by atoms with E-state index in [9.17, 15) is 14.4 Å². The van der Waals surface area contributed by atoms with Gasteiger partial charge in [0.15, 0.2) is 10.9 Å². The molecule has 0 spiro atoms. The summed E-state index contributed by atoms with van der Waals surface area (Å²) < 4.78 is 6.35. The number of hydrogen-bond acceptors (Lipinski definition) is 8. The first-order chi connectivity index (χ1) is 14.2. The molecule has 2 aromatic rings. The Balaban J connectivity index is 1.92. The number of nitrogens with zero attached hydrogens (tertiary/aromatic N) is 3. The van der Waals surface area contributed by atoms with E-state index in [0.717, 1.165) is 10.4 Å². The number of carbonyl (C=O) groups excluding carboxylic acids is 2. The second-order valence-electron chi connectivity index (χ2n) is 7.02. The number of allylic oxidation sites excluding steroid dienone is 2. The third kappa shape index (κ3) is 3.79. The summed E-state index contributed by atoms with van der Waals surface area (Å²) in [5.74, 6) is -1.22. The topological polar surface area (TPSA) is 90.6 Å². The molecule has 158 valence electrons. The molecule has 0 aromatic carbocycles. The molecule has 0 aliphatic carbocycles. The largest absolute Gasteiger partial charge is 0.468 e. The second kappa shape index (κ2) is 8.69. The average molecular weight is 446 g/mol. The van der Waals surface area contributed by atoms with Crippen LogP contribution in [0.3, 0.4) is 0 Å². The Bertz CT molecular complexity index is 1190. The number of aryl methyl sites for hydroxylation is 2. The van der Waals surface area contributed by atoms with Crippen molar-refractivity contribution in [1.29, 1.82) is 0 Å². The summed E-state index contributed by atoms with van der Waals surface area (Å²) in [5.41, 5.74) is 2.20. The van der Waals surface area contributed by atoms with Crippen LogP contribution in [0.4, 0.5) is 0 Å². The van der Waals surface area contributed by atoms with Crippen LogP contribution in [-0.2, 0) is 20.9 Å². The first-order valence-electron chi connectivity index (χ1n) is 9.32. The number of ether oxygens (including phenoxy) is 1. The zero-order valence-corrected chi connectivity index (χ0v) is 19.2. The summed E-state index contributed by atoms with van der Waals surface area (Å²) in [6.07, 6.45) is 1.63. The Morgan fingerprint density at radius 3 is 2.63 bits per heavy atom. The quantitative estimate of drug-likeness (QED) is 0.281. The minimum atomic E-state index is -0.621. The molecule has 0 amide bonds. The van der Waals surface area contributed by atoms with Crippen molar-refractivity contribution in [1.82, 2.24) is 9.55 Å². The van der Waals surface area contributed by atoms with E-state index >= 15 is 0 Å². The zero-order valence-electron chi connectivity index (χ0n) is 17.6. The van der Waals surface area contributed by atoms with Crippen molar-refractivity contribution in [3.63, 3.8) is 0 Å². The van der Waals surface area contributed by atoms with Crippen LogP contribution in [0.5, 0.6) is 0 Å². The van der Waals surface area contributed by atoms with Crippen LogP contribution < -0.4 is 5.56 Å². The molecule has 1 atom stereocenters. The number of ketones is 1. The number of thiophene rings is 1. The maximum Gasteiger partial charge on any atom is 0.318 e. The molecule has 3 rings (SSSR count). The highest BCUT2D eigenvalue weighted by Crippen LogP contribution is 2.31. The van der Waals surface area contributed by atoms with Gasteiger partial charge in [0.25, 0.3) is 5.56 Å². The molecule has 0 saturated heterocycles. The lowest BCUT2D eigenvalue weighted by atomic mass is 9.97. The van der Waals surface area contributed by atoms with E-state index in [0.29, 0.717) is 33.2 Å². The van der Waals surface area contributed by atoms with Gasteiger partial charge in [-0.25, -0.2) is 4.98 Å². The Morgan fingerprint density at radius 1 is 1.30 bits per heavy atom. The van der Waals surface area contributed by atoms with E-state index in [4.69, 9.17) is 4.74 Å². The minimum absolute atomic E-state index is 0.0514. The van der Waals surface area contributed by atoms with Crippen molar-refractivity contribution >= 4 is 50.8 Å². The molecular weight excluding hydrogens is 422 g/mol. The summed E-state index contributed by atoms with van der Waals surface area (Å²) in [6.45, 7) is 11.3. The van der Waals surface area contributed by atoms with Gasteiger partial charge in [-0.1, -0.05) is 17.8 Å². The molecule has 0 N–H and O–H groups in total. The van der Waals surface area contributed by atoms with Crippen molar-refractivity contribution < 1.29 is 14.3 Å². The van der Waals surface area contributed by atoms with Gasteiger partial charge in [-0.3, -0.25) is 23.9 Å². The van der Waals surface area contributed by atoms with Crippen LogP contribution in [-0.4, -0.2) is 39.9 Å². The number of Topliss-reactive ketones (excluding diaryl/α,β-unsaturated/α-hetero) is 1. The SMILES string of the molecule is C=CCn1c(SCC(=O)C2=C(C)[C@H](C(=O)OC)C(C)=N2)nc2sc(C)c(C)c2c1=O. The van der Waals surface area contributed by atoms with Crippen molar-refractivity contribution in [2.24, 2.45) is 10.9 Å². The minimum Gasteiger partial charge on any atom is -0.468 e. The summed E-state index contributed by atoms with van der Waals surface area (Å²) in [4.78, 5) is 48.5. The summed E-state index contributed by atoms with van der Waals surface area (Å²) in [7, 11) is 1.31. The van der Waals surface area contributed by atoms with Crippen molar-refractivity contribution in [2.75, 3.05) is 12.9 Å². The molecule has 7 nitrogen and oxygen atoms in total. The molecule has 0 fully saturated rings. The Kier molecular flexibility index (Phi) is 6.42. The van der Waals surface area contributed by atoms with Gasteiger partial charge in [0.05, 0.1) is 18.2 Å². The van der Waals surface area contributed by atoms with E-state index in [1.807, 2.05) is 13.8 Å². The van der Waals surface area contributed by atoms with E-state index in [1.165, 1.54) is 34.8 Å². The van der Waals surface area contributed by atoms with Crippen LogP contribution in [0.25, 0.3) is 10.2 Å². The Labute approximate surface area is 182 Å². The van der Waals surface area contributed by atoms with Crippen LogP contribution in [0.1, 0.15) is 24.3 Å². The predicted octanol–water partition coefficient (Wildman–Crippen LogP) is 3.46. The van der Waals surface area contributed by atoms with Gasteiger partial charge in [-0.15, -0.1) is 17.9 Å². The van der Waals surface area contributed by atoms with Crippen LogP contribution in [0, 0.1) is 19.8 Å². The van der Waals surface area contributed by atoms with Gasteiger partial charge in [0.2, 0.25) is 0 Å². The molecule has 1 aliphatic rings. The third-order valence-electron chi connectivity index (χ3n) is 5.11. The van der Waals surface area contributed by atoms with Crippen molar-refractivity contribution in [3.05, 3.63) is 44.7 Å². The normalized spacial score (nSPS) is 16.2. The van der Waals surface area contributed by atoms with Crippen LogP contribution >= 0.6 is 23.1 Å².